The first-order valence-electron chi connectivity index (χ1n) is 8.61. The van der Waals surface area contributed by atoms with E-state index in [1.807, 2.05) is 6.07 Å². The molecule has 130 valence electrons. The summed E-state index contributed by atoms with van der Waals surface area (Å²) in [5.74, 6) is 0.913. The number of carbonyl (C=O) groups excluding carboxylic acids is 1. The van der Waals surface area contributed by atoms with Gasteiger partial charge in [-0.1, -0.05) is 48.4 Å². The predicted octanol–water partition coefficient (Wildman–Crippen LogP) is 3.96. The standard InChI is InChI=1S/C20H20ClNO3/c21-16-11-14(12-17-18(16)25-10-9-24-17)19(23)22-13-20(7-4-8-20)15-5-2-1-3-6-15/h1-3,5-6,11-12H,4,7-10,13H2,(H,22,23). The van der Waals surface area contributed by atoms with Crippen LogP contribution in [0.1, 0.15) is 35.2 Å². The molecule has 1 heterocycles. The molecule has 5 heteroatoms. The molecular formula is C20H20ClNO3. The van der Waals surface area contributed by atoms with Gasteiger partial charge in [-0.3, -0.25) is 4.79 Å². The molecule has 25 heavy (non-hydrogen) atoms. The minimum absolute atomic E-state index is 0.0501. The highest BCUT2D eigenvalue weighted by molar-refractivity contribution is 6.32. The summed E-state index contributed by atoms with van der Waals surface area (Å²) >= 11 is 6.23. The van der Waals surface area contributed by atoms with Crippen LogP contribution in [0.5, 0.6) is 11.5 Å². The summed E-state index contributed by atoms with van der Waals surface area (Å²) in [6, 6.07) is 13.8. The first-order valence-corrected chi connectivity index (χ1v) is 8.99. The lowest BCUT2D eigenvalue weighted by Gasteiger charge is -2.42. The van der Waals surface area contributed by atoms with Crippen LogP contribution in [0, 0.1) is 0 Å². The summed E-state index contributed by atoms with van der Waals surface area (Å²) in [5, 5.41) is 3.49. The first-order chi connectivity index (χ1) is 12.2. The van der Waals surface area contributed by atoms with Crippen molar-refractivity contribution < 1.29 is 14.3 Å². The van der Waals surface area contributed by atoms with Crippen LogP contribution >= 0.6 is 11.6 Å². The Balaban J connectivity index is 1.50. The number of halogens is 1. The van der Waals surface area contributed by atoms with Crippen molar-refractivity contribution in [2.45, 2.75) is 24.7 Å². The second-order valence-electron chi connectivity index (χ2n) is 6.66. The molecule has 1 N–H and O–H groups in total. The largest absolute Gasteiger partial charge is 0.486 e. The maximum Gasteiger partial charge on any atom is 0.251 e. The van der Waals surface area contributed by atoms with Crippen LogP contribution in [-0.4, -0.2) is 25.7 Å². The van der Waals surface area contributed by atoms with E-state index < -0.39 is 0 Å². The summed E-state index contributed by atoms with van der Waals surface area (Å²) in [5.41, 5.74) is 1.84. The molecule has 0 saturated heterocycles. The number of benzene rings is 2. The Bertz CT molecular complexity index is 787. The first kappa shape index (κ1) is 16.3. The van der Waals surface area contributed by atoms with E-state index in [2.05, 4.69) is 29.6 Å². The topological polar surface area (TPSA) is 47.6 Å². The normalized spacial score (nSPS) is 17.5. The summed E-state index contributed by atoms with van der Waals surface area (Å²) in [7, 11) is 0. The summed E-state index contributed by atoms with van der Waals surface area (Å²) in [6.07, 6.45) is 3.39. The van der Waals surface area contributed by atoms with Gasteiger partial charge in [0.1, 0.15) is 13.2 Å². The summed E-state index contributed by atoms with van der Waals surface area (Å²) in [6.45, 7) is 1.56. The molecule has 2 aromatic rings. The Morgan fingerprint density at radius 2 is 1.88 bits per heavy atom. The fourth-order valence-corrected chi connectivity index (χ4v) is 3.82. The van der Waals surface area contributed by atoms with E-state index in [0.29, 0.717) is 41.8 Å². The van der Waals surface area contributed by atoms with E-state index in [9.17, 15) is 4.79 Å². The van der Waals surface area contributed by atoms with E-state index in [0.717, 1.165) is 12.8 Å². The number of fused-ring (bicyclic) bond motifs is 1. The number of rotatable bonds is 4. The highest BCUT2D eigenvalue weighted by Gasteiger charge is 2.38. The molecule has 4 nitrogen and oxygen atoms in total. The Morgan fingerprint density at radius 3 is 2.60 bits per heavy atom. The van der Waals surface area contributed by atoms with Crippen molar-refractivity contribution in [3.8, 4) is 11.5 Å². The molecule has 0 atom stereocenters. The van der Waals surface area contributed by atoms with Crippen LogP contribution in [0.15, 0.2) is 42.5 Å². The van der Waals surface area contributed by atoms with Gasteiger partial charge in [0, 0.05) is 17.5 Å². The Labute approximate surface area is 152 Å². The molecule has 1 amide bonds. The van der Waals surface area contributed by atoms with Gasteiger partial charge in [-0.2, -0.15) is 0 Å². The average Bonchev–Trinajstić information content (AvgIpc) is 2.61. The van der Waals surface area contributed by atoms with Gasteiger partial charge in [0.15, 0.2) is 11.5 Å². The third-order valence-electron chi connectivity index (χ3n) is 5.14. The highest BCUT2D eigenvalue weighted by atomic mass is 35.5. The van der Waals surface area contributed by atoms with Crippen molar-refractivity contribution in [3.05, 3.63) is 58.6 Å². The van der Waals surface area contributed by atoms with Crippen molar-refractivity contribution in [1.82, 2.24) is 5.32 Å². The van der Waals surface area contributed by atoms with E-state index in [1.54, 1.807) is 12.1 Å². The molecule has 4 rings (SSSR count). The van der Waals surface area contributed by atoms with Gasteiger partial charge in [0.2, 0.25) is 0 Å². The third-order valence-corrected chi connectivity index (χ3v) is 5.42. The zero-order valence-corrected chi connectivity index (χ0v) is 14.6. The van der Waals surface area contributed by atoms with Crippen LogP contribution in [0.4, 0.5) is 0 Å². The SMILES string of the molecule is O=C(NCC1(c2ccccc2)CCC1)c1cc(Cl)c2c(c1)OCCO2. The minimum Gasteiger partial charge on any atom is -0.486 e. The molecule has 0 spiro atoms. The molecule has 0 bridgehead atoms. The average molecular weight is 358 g/mol. The maximum atomic E-state index is 12.6. The molecule has 1 saturated carbocycles. The quantitative estimate of drug-likeness (QED) is 0.900. The molecular weight excluding hydrogens is 338 g/mol. The van der Waals surface area contributed by atoms with Crippen molar-refractivity contribution in [2.75, 3.05) is 19.8 Å². The molecule has 0 unspecified atom stereocenters. The Kier molecular flexibility index (Phi) is 4.30. The Morgan fingerprint density at radius 1 is 1.12 bits per heavy atom. The van der Waals surface area contributed by atoms with Crippen LogP contribution in [0.3, 0.4) is 0 Å². The van der Waals surface area contributed by atoms with Crippen LogP contribution in [-0.2, 0) is 5.41 Å². The predicted molar refractivity (Wildman–Crippen MR) is 96.7 cm³/mol. The van der Waals surface area contributed by atoms with Crippen molar-refractivity contribution in [1.29, 1.82) is 0 Å². The van der Waals surface area contributed by atoms with Gasteiger partial charge >= 0.3 is 0 Å². The highest BCUT2D eigenvalue weighted by Crippen LogP contribution is 2.43. The molecule has 1 aliphatic heterocycles. The fraction of sp³-hybridized carbons (Fsp3) is 0.350. The van der Waals surface area contributed by atoms with Gasteiger partial charge in [-0.05, 0) is 30.5 Å². The van der Waals surface area contributed by atoms with Gasteiger partial charge in [-0.15, -0.1) is 0 Å². The number of hydrogen-bond donors (Lipinski definition) is 1. The lowest BCUT2D eigenvalue weighted by Crippen LogP contribution is -2.45. The fourth-order valence-electron chi connectivity index (χ4n) is 3.56. The van der Waals surface area contributed by atoms with Crippen molar-refractivity contribution in [3.63, 3.8) is 0 Å². The van der Waals surface area contributed by atoms with Crippen molar-refractivity contribution >= 4 is 17.5 Å². The van der Waals surface area contributed by atoms with E-state index in [1.165, 1.54) is 12.0 Å². The lowest BCUT2D eigenvalue weighted by atomic mass is 9.64. The molecule has 1 fully saturated rings. The van der Waals surface area contributed by atoms with Crippen molar-refractivity contribution in [2.24, 2.45) is 0 Å². The van der Waals surface area contributed by atoms with Gasteiger partial charge < -0.3 is 14.8 Å². The molecule has 2 aliphatic rings. The van der Waals surface area contributed by atoms with Gasteiger partial charge in [-0.25, -0.2) is 0 Å². The number of ether oxygens (including phenoxy) is 2. The number of amides is 1. The second-order valence-corrected chi connectivity index (χ2v) is 7.07. The summed E-state index contributed by atoms with van der Waals surface area (Å²) < 4.78 is 11.1. The zero-order valence-electron chi connectivity index (χ0n) is 13.9. The maximum absolute atomic E-state index is 12.6. The summed E-state index contributed by atoms with van der Waals surface area (Å²) in [4.78, 5) is 12.6. The minimum atomic E-state index is -0.138. The third kappa shape index (κ3) is 3.07. The van der Waals surface area contributed by atoms with E-state index >= 15 is 0 Å². The van der Waals surface area contributed by atoms with E-state index in [4.69, 9.17) is 21.1 Å². The molecule has 0 aromatic heterocycles. The van der Waals surface area contributed by atoms with E-state index in [-0.39, 0.29) is 11.3 Å². The smallest absolute Gasteiger partial charge is 0.251 e. The second kappa shape index (κ2) is 6.60. The number of carbonyl (C=O) groups is 1. The van der Waals surface area contributed by atoms with Gasteiger partial charge in [0.05, 0.1) is 5.02 Å². The zero-order chi connectivity index (χ0) is 17.3. The lowest BCUT2D eigenvalue weighted by molar-refractivity contribution is 0.0926. The number of nitrogens with one attached hydrogen (secondary N) is 1. The van der Waals surface area contributed by atoms with Crippen LogP contribution in [0.2, 0.25) is 5.02 Å². The monoisotopic (exact) mass is 357 g/mol. The molecule has 2 aromatic carbocycles. The Hall–Kier alpha value is -2.20. The van der Waals surface area contributed by atoms with Crippen LogP contribution in [0.25, 0.3) is 0 Å². The molecule has 1 aliphatic carbocycles. The molecule has 0 radical (unpaired) electrons. The van der Waals surface area contributed by atoms with Crippen LogP contribution < -0.4 is 14.8 Å². The van der Waals surface area contributed by atoms with Gasteiger partial charge in [0.25, 0.3) is 5.91 Å². The number of hydrogen-bond acceptors (Lipinski definition) is 3.